The van der Waals surface area contributed by atoms with E-state index in [1.165, 1.54) is 18.2 Å². The number of amides is 1. The van der Waals surface area contributed by atoms with Crippen molar-refractivity contribution in [1.29, 1.82) is 0 Å². The summed E-state index contributed by atoms with van der Waals surface area (Å²) < 4.78 is 13.1. The standard InChI is InChI=1S/C21H26FNO5/c1-13(2)18-11-20(26)23(12-14-3-5-15(22)6-4-14)19(18)8-7-16(24)9-17(25)10-21(27)28/h3-8,13,17-19,25H,9-12H2,1-2H3,(H,27,28)/b8-7+/t17-,18+,19-/m1/s1. The highest BCUT2D eigenvalue weighted by molar-refractivity contribution is 5.90. The van der Waals surface area contributed by atoms with Crippen LogP contribution in [0.25, 0.3) is 0 Å². The summed E-state index contributed by atoms with van der Waals surface area (Å²) in [4.78, 5) is 36.9. The maximum Gasteiger partial charge on any atom is 0.305 e. The molecule has 1 amide bonds. The smallest absolute Gasteiger partial charge is 0.305 e. The zero-order valence-corrected chi connectivity index (χ0v) is 16.0. The van der Waals surface area contributed by atoms with Gasteiger partial charge in [-0.2, -0.15) is 0 Å². The lowest BCUT2D eigenvalue weighted by molar-refractivity contribution is -0.139. The van der Waals surface area contributed by atoms with Gasteiger partial charge in [-0.25, -0.2) is 4.39 Å². The summed E-state index contributed by atoms with van der Waals surface area (Å²) in [6.07, 6.45) is 1.33. The molecule has 0 aromatic heterocycles. The summed E-state index contributed by atoms with van der Waals surface area (Å²) >= 11 is 0. The highest BCUT2D eigenvalue weighted by atomic mass is 19.1. The van der Waals surface area contributed by atoms with E-state index in [2.05, 4.69) is 0 Å². The number of rotatable bonds is 9. The summed E-state index contributed by atoms with van der Waals surface area (Å²) in [7, 11) is 0. The molecule has 1 aromatic carbocycles. The third-order valence-electron chi connectivity index (χ3n) is 4.98. The first-order chi connectivity index (χ1) is 13.2. The molecule has 152 valence electrons. The van der Waals surface area contributed by atoms with Gasteiger partial charge in [-0.15, -0.1) is 0 Å². The molecule has 0 aliphatic carbocycles. The SMILES string of the molecule is CC(C)[C@@H]1CC(=O)N(Cc2ccc(F)cc2)[C@@H]1/C=C/C(=O)C[C@@H](O)CC(=O)O. The van der Waals surface area contributed by atoms with Gasteiger partial charge in [-0.3, -0.25) is 14.4 Å². The molecule has 1 aromatic rings. The van der Waals surface area contributed by atoms with Crippen molar-refractivity contribution < 1.29 is 29.0 Å². The molecule has 0 saturated carbocycles. The molecular formula is C21H26FNO5. The number of carboxylic acid groups (broad SMARTS) is 1. The second kappa shape index (κ2) is 9.59. The predicted molar refractivity (Wildman–Crippen MR) is 101 cm³/mol. The lowest BCUT2D eigenvalue weighted by Crippen LogP contribution is -2.34. The normalized spacial score (nSPS) is 20.9. The molecule has 6 nitrogen and oxygen atoms in total. The quantitative estimate of drug-likeness (QED) is 0.631. The number of aliphatic hydroxyl groups is 1. The lowest BCUT2D eigenvalue weighted by Gasteiger charge is -2.27. The van der Waals surface area contributed by atoms with E-state index in [1.54, 1.807) is 23.1 Å². The second-order valence-corrected chi connectivity index (χ2v) is 7.53. The summed E-state index contributed by atoms with van der Waals surface area (Å²) in [6.45, 7) is 4.34. The van der Waals surface area contributed by atoms with Gasteiger partial charge in [0, 0.05) is 19.4 Å². The molecule has 1 saturated heterocycles. The first-order valence-corrected chi connectivity index (χ1v) is 9.32. The molecule has 0 bridgehead atoms. The molecular weight excluding hydrogens is 365 g/mol. The molecule has 1 aliphatic heterocycles. The van der Waals surface area contributed by atoms with Gasteiger partial charge >= 0.3 is 5.97 Å². The van der Waals surface area contributed by atoms with Crippen LogP contribution in [0.4, 0.5) is 4.39 Å². The molecule has 1 fully saturated rings. The van der Waals surface area contributed by atoms with E-state index in [4.69, 9.17) is 5.11 Å². The van der Waals surface area contributed by atoms with E-state index in [9.17, 15) is 23.9 Å². The minimum atomic E-state index is -1.24. The third kappa shape index (κ3) is 5.99. The minimum Gasteiger partial charge on any atom is -0.481 e. The molecule has 7 heteroatoms. The van der Waals surface area contributed by atoms with Crippen LogP contribution >= 0.6 is 0 Å². The van der Waals surface area contributed by atoms with Gasteiger partial charge < -0.3 is 15.1 Å². The van der Waals surface area contributed by atoms with Crippen molar-refractivity contribution in [2.24, 2.45) is 11.8 Å². The summed E-state index contributed by atoms with van der Waals surface area (Å²) in [5, 5.41) is 18.3. The fraction of sp³-hybridized carbons (Fsp3) is 0.476. The van der Waals surface area contributed by atoms with Crippen LogP contribution in [0, 0.1) is 17.7 Å². The van der Waals surface area contributed by atoms with Crippen molar-refractivity contribution in [2.75, 3.05) is 0 Å². The van der Waals surface area contributed by atoms with Gasteiger partial charge in [0.15, 0.2) is 5.78 Å². The highest BCUT2D eigenvalue weighted by Crippen LogP contribution is 2.33. The van der Waals surface area contributed by atoms with Crippen LogP contribution in [0.1, 0.15) is 38.7 Å². The van der Waals surface area contributed by atoms with Crippen molar-refractivity contribution >= 4 is 17.7 Å². The van der Waals surface area contributed by atoms with E-state index < -0.39 is 24.3 Å². The Labute approximate surface area is 163 Å². The molecule has 0 unspecified atom stereocenters. The van der Waals surface area contributed by atoms with Crippen molar-refractivity contribution in [2.45, 2.75) is 51.8 Å². The van der Waals surface area contributed by atoms with E-state index in [-0.39, 0.29) is 36.0 Å². The van der Waals surface area contributed by atoms with Crippen LogP contribution < -0.4 is 0 Å². The number of benzene rings is 1. The number of aliphatic carboxylic acids is 1. The van der Waals surface area contributed by atoms with E-state index in [0.29, 0.717) is 13.0 Å². The molecule has 28 heavy (non-hydrogen) atoms. The molecule has 2 N–H and O–H groups in total. The summed E-state index contributed by atoms with van der Waals surface area (Å²) in [5.74, 6) is -1.70. The molecule has 3 atom stereocenters. The first-order valence-electron chi connectivity index (χ1n) is 9.32. The topological polar surface area (TPSA) is 94.9 Å². The largest absolute Gasteiger partial charge is 0.481 e. The maximum absolute atomic E-state index is 13.1. The van der Waals surface area contributed by atoms with E-state index >= 15 is 0 Å². The molecule has 1 aliphatic rings. The van der Waals surface area contributed by atoms with Crippen LogP contribution in [0.5, 0.6) is 0 Å². The van der Waals surface area contributed by atoms with Crippen LogP contribution in [0.15, 0.2) is 36.4 Å². The minimum absolute atomic E-state index is 0.0286. The highest BCUT2D eigenvalue weighted by Gasteiger charge is 2.39. The van der Waals surface area contributed by atoms with Gasteiger partial charge in [0.1, 0.15) is 5.82 Å². The number of allylic oxidation sites excluding steroid dienone is 1. The fourth-order valence-electron chi connectivity index (χ4n) is 3.47. The van der Waals surface area contributed by atoms with Crippen LogP contribution in [-0.4, -0.2) is 44.9 Å². The number of halogens is 1. The Hall–Kier alpha value is -2.54. The zero-order chi connectivity index (χ0) is 20.8. The molecule has 0 spiro atoms. The van der Waals surface area contributed by atoms with Gasteiger partial charge in [0.25, 0.3) is 0 Å². The Morgan fingerprint density at radius 2 is 1.89 bits per heavy atom. The van der Waals surface area contributed by atoms with Crippen LogP contribution in [0.2, 0.25) is 0 Å². The van der Waals surface area contributed by atoms with Crippen molar-refractivity contribution in [3.05, 3.63) is 47.8 Å². The molecule has 2 rings (SSSR count). The Kier molecular flexibility index (Phi) is 7.45. The average Bonchev–Trinajstić information content (AvgIpc) is 2.90. The van der Waals surface area contributed by atoms with E-state index in [1.807, 2.05) is 13.8 Å². The van der Waals surface area contributed by atoms with Crippen LogP contribution in [0.3, 0.4) is 0 Å². The summed E-state index contributed by atoms with van der Waals surface area (Å²) in [6, 6.07) is 5.64. The Bertz CT molecular complexity index is 744. The molecule has 1 heterocycles. The first kappa shape index (κ1) is 21.8. The van der Waals surface area contributed by atoms with Gasteiger partial charge in [-0.05, 0) is 35.6 Å². The number of likely N-dealkylation sites (tertiary alicyclic amines) is 1. The maximum atomic E-state index is 13.1. The number of carbonyl (C=O) groups excluding carboxylic acids is 2. The lowest BCUT2D eigenvalue weighted by atomic mass is 9.88. The van der Waals surface area contributed by atoms with Gasteiger partial charge in [0.05, 0.1) is 18.6 Å². The summed E-state index contributed by atoms with van der Waals surface area (Å²) in [5.41, 5.74) is 0.792. The number of carboxylic acids is 1. The van der Waals surface area contributed by atoms with Gasteiger partial charge in [-0.1, -0.05) is 32.1 Å². The average molecular weight is 391 g/mol. The van der Waals surface area contributed by atoms with Crippen molar-refractivity contribution in [3.63, 3.8) is 0 Å². The number of ketones is 1. The zero-order valence-electron chi connectivity index (χ0n) is 16.0. The van der Waals surface area contributed by atoms with Crippen molar-refractivity contribution in [1.82, 2.24) is 4.90 Å². The van der Waals surface area contributed by atoms with E-state index in [0.717, 1.165) is 5.56 Å². The number of hydrogen-bond acceptors (Lipinski definition) is 4. The van der Waals surface area contributed by atoms with Crippen LogP contribution in [-0.2, 0) is 20.9 Å². The van der Waals surface area contributed by atoms with Crippen molar-refractivity contribution in [3.8, 4) is 0 Å². The fourth-order valence-corrected chi connectivity index (χ4v) is 3.47. The number of nitrogens with zero attached hydrogens (tertiary/aromatic N) is 1. The number of hydrogen-bond donors (Lipinski definition) is 2. The second-order valence-electron chi connectivity index (χ2n) is 7.53. The Balaban J connectivity index is 2.12. The third-order valence-corrected chi connectivity index (χ3v) is 4.98. The Morgan fingerprint density at radius 3 is 2.46 bits per heavy atom. The molecule has 0 radical (unpaired) electrons. The number of carbonyl (C=O) groups is 3. The number of aliphatic hydroxyl groups excluding tert-OH is 1. The monoisotopic (exact) mass is 391 g/mol. The predicted octanol–water partition coefficient (Wildman–Crippen LogP) is 2.55. The Morgan fingerprint density at radius 1 is 1.25 bits per heavy atom. The van der Waals surface area contributed by atoms with Gasteiger partial charge in [0.2, 0.25) is 5.91 Å².